The molecule has 62 valence electrons. The minimum absolute atomic E-state index is 0.892. The summed E-state index contributed by atoms with van der Waals surface area (Å²) in [6.45, 7) is 3.44. The van der Waals surface area contributed by atoms with Crippen molar-refractivity contribution in [1.29, 1.82) is 0 Å². The summed E-state index contributed by atoms with van der Waals surface area (Å²) in [6, 6.07) is 0. The van der Waals surface area contributed by atoms with Crippen LogP contribution >= 0.6 is 0 Å². The smallest absolute Gasteiger partial charge is 0.130 e. The molecule has 2 aliphatic heterocycles. The number of hydrogen-bond donors (Lipinski definition) is 0. The Hall–Kier alpha value is -1.60. The molecule has 0 N–H and O–H groups in total. The van der Waals surface area contributed by atoms with Gasteiger partial charge in [0.15, 0.2) is 0 Å². The Balaban J connectivity index is 2.41. The Morgan fingerprint density at radius 3 is 1.08 bits per heavy atom. The lowest BCUT2D eigenvalue weighted by atomic mass is 10.0. The molecular formula is C4H6N8. The van der Waals surface area contributed by atoms with Gasteiger partial charge in [0, 0.05) is 0 Å². The highest BCUT2D eigenvalue weighted by Gasteiger charge is 2.51. The number of nitrogens with zero attached hydrogens (tertiary/aromatic N) is 8. The first-order valence-corrected chi connectivity index (χ1v) is 3.34. The number of hydrogen-bond acceptors (Lipinski definition) is 8. The molecule has 0 unspecified atom stereocenters. The lowest BCUT2D eigenvalue weighted by molar-refractivity contribution is 0.279. The molecule has 0 bridgehead atoms. The molecule has 2 aliphatic rings. The SMILES string of the molecule is CC1(C2(C)N=NN=N2)N=NN=N1. The molecule has 0 fully saturated rings. The first-order chi connectivity index (χ1) is 5.66. The van der Waals surface area contributed by atoms with Gasteiger partial charge in [0.1, 0.15) is 0 Å². The molecular weight excluding hydrogens is 160 g/mol. The van der Waals surface area contributed by atoms with E-state index < -0.39 is 11.3 Å². The first-order valence-electron chi connectivity index (χ1n) is 3.34. The molecule has 0 aromatic heterocycles. The van der Waals surface area contributed by atoms with Crippen LogP contribution in [0.2, 0.25) is 0 Å². The average molecular weight is 166 g/mol. The topological polar surface area (TPSA) is 98.9 Å². The first kappa shape index (κ1) is 7.07. The van der Waals surface area contributed by atoms with Crippen LogP contribution in [0, 0.1) is 0 Å². The molecule has 0 amide bonds. The van der Waals surface area contributed by atoms with Gasteiger partial charge in [-0.25, -0.2) is 0 Å². The van der Waals surface area contributed by atoms with Crippen LogP contribution in [0.5, 0.6) is 0 Å². The highest BCUT2D eigenvalue weighted by atomic mass is 15.7. The van der Waals surface area contributed by atoms with Gasteiger partial charge in [0.25, 0.3) is 0 Å². The van der Waals surface area contributed by atoms with E-state index in [-0.39, 0.29) is 0 Å². The van der Waals surface area contributed by atoms with E-state index in [1.54, 1.807) is 13.8 Å². The van der Waals surface area contributed by atoms with Gasteiger partial charge in [-0.2, -0.15) is 0 Å². The molecule has 0 saturated carbocycles. The molecule has 8 nitrogen and oxygen atoms in total. The molecule has 12 heavy (non-hydrogen) atoms. The summed E-state index contributed by atoms with van der Waals surface area (Å²) in [4.78, 5) is 0. The minimum atomic E-state index is -0.892. The molecule has 0 aromatic carbocycles. The van der Waals surface area contributed by atoms with Crippen molar-refractivity contribution in [2.75, 3.05) is 0 Å². The van der Waals surface area contributed by atoms with Gasteiger partial charge in [-0.1, -0.05) is 0 Å². The third kappa shape index (κ3) is 0.713. The quantitative estimate of drug-likeness (QED) is 0.569. The summed E-state index contributed by atoms with van der Waals surface area (Å²) in [5.41, 5.74) is -1.78. The van der Waals surface area contributed by atoms with Crippen LogP contribution in [-0.2, 0) is 0 Å². The van der Waals surface area contributed by atoms with Crippen molar-refractivity contribution in [2.24, 2.45) is 41.4 Å². The second-order valence-corrected chi connectivity index (χ2v) is 2.80. The molecule has 0 spiro atoms. The summed E-state index contributed by atoms with van der Waals surface area (Å²) in [5.74, 6) is 0. The Morgan fingerprint density at radius 1 is 0.583 bits per heavy atom. The van der Waals surface area contributed by atoms with Gasteiger partial charge in [0.2, 0.25) is 11.3 Å². The van der Waals surface area contributed by atoms with Gasteiger partial charge in [-0.15, -0.1) is 20.5 Å². The van der Waals surface area contributed by atoms with Crippen LogP contribution < -0.4 is 0 Å². The molecule has 2 rings (SSSR count). The Labute approximate surface area is 67.5 Å². The second kappa shape index (κ2) is 1.96. The zero-order valence-electron chi connectivity index (χ0n) is 6.58. The monoisotopic (exact) mass is 166 g/mol. The highest BCUT2D eigenvalue weighted by Crippen LogP contribution is 2.38. The van der Waals surface area contributed by atoms with E-state index in [1.165, 1.54) is 0 Å². The molecule has 0 saturated heterocycles. The third-order valence-corrected chi connectivity index (χ3v) is 1.93. The fourth-order valence-corrected chi connectivity index (χ4v) is 0.847. The van der Waals surface area contributed by atoms with E-state index in [1.807, 2.05) is 0 Å². The molecule has 8 heteroatoms. The lowest BCUT2D eigenvalue weighted by Crippen LogP contribution is -2.41. The lowest BCUT2D eigenvalue weighted by Gasteiger charge is -2.23. The van der Waals surface area contributed by atoms with Crippen molar-refractivity contribution in [3.8, 4) is 0 Å². The summed E-state index contributed by atoms with van der Waals surface area (Å²) >= 11 is 0. The van der Waals surface area contributed by atoms with Crippen LogP contribution in [0.25, 0.3) is 0 Å². The van der Waals surface area contributed by atoms with E-state index >= 15 is 0 Å². The van der Waals surface area contributed by atoms with E-state index in [2.05, 4.69) is 41.4 Å². The van der Waals surface area contributed by atoms with Crippen molar-refractivity contribution >= 4 is 0 Å². The van der Waals surface area contributed by atoms with E-state index in [9.17, 15) is 0 Å². The Kier molecular flexibility index (Phi) is 1.15. The molecule has 0 atom stereocenters. The van der Waals surface area contributed by atoms with Crippen molar-refractivity contribution in [3.05, 3.63) is 0 Å². The minimum Gasteiger partial charge on any atom is -0.130 e. The van der Waals surface area contributed by atoms with Crippen LogP contribution in [0.3, 0.4) is 0 Å². The molecule has 2 heterocycles. The predicted molar refractivity (Wildman–Crippen MR) is 36.2 cm³/mol. The van der Waals surface area contributed by atoms with E-state index in [0.717, 1.165) is 0 Å². The van der Waals surface area contributed by atoms with Gasteiger partial charge in [-0.3, -0.25) is 0 Å². The van der Waals surface area contributed by atoms with Crippen LogP contribution in [0.1, 0.15) is 13.8 Å². The van der Waals surface area contributed by atoms with Gasteiger partial charge >= 0.3 is 0 Å². The molecule has 0 aliphatic carbocycles. The van der Waals surface area contributed by atoms with Crippen molar-refractivity contribution in [2.45, 2.75) is 25.2 Å². The standard InChI is InChI=1S/C4H6N8/c1-3(5-9-10-6-3)4(2)7-11-12-8-4/h1-2H3. The molecule has 0 aromatic rings. The maximum atomic E-state index is 3.81. The Bertz CT molecular complexity index is 255. The van der Waals surface area contributed by atoms with E-state index in [0.29, 0.717) is 0 Å². The fourth-order valence-electron chi connectivity index (χ4n) is 0.847. The largest absolute Gasteiger partial charge is 0.240 e. The average Bonchev–Trinajstić information content (AvgIpc) is 2.60. The second-order valence-electron chi connectivity index (χ2n) is 2.80. The maximum absolute atomic E-state index is 3.81. The van der Waals surface area contributed by atoms with Crippen LogP contribution in [-0.4, -0.2) is 11.3 Å². The van der Waals surface area contributed by atoms with Crippen molar-refractivity contribution in [1.82, 2.24) is 0 Å². The van der Waals surface area contributed by atoms with Crippen LogP contribution in [0.15, 0.2) is 41.4 Å². The summed E-state index contributed by atoms with van der Waals surface area (Å²) in [5, 5.41) is 28.8. The van der Waals surface area contributed by atoms with E-state index in [4.69, 9.17) is 0 Å². The van der Waals surface area contributed by atoms with Gasteiger partial charge < -0.3 is 0 Å². The van der Waals surface area contributed by atoms with Crippen molar-refractivity contribution < 1.29 is 0 Å². The summed E-state index contributed by atoms with van der Waals surface area (Å²) < 4.78 is 0. The zero-order chi connectivity index (χ0) is 8.66. The van der Waals surface area contributed by atoms with Gasteiger partial charge in [-0.05, 0) is 34.7 Å². The zero-order valence-corrected chi connectivity index (χ0v) is 6.58. The number of rotatable bonds is 1. The predicted octanol–water partition coefficient (Wildman–Crippen LogP) is 2.08. The molecule has 0 radical (unpaired) electrons. The Morgan fingerprint density at radius 2 is 0.833 bits per heavy atom. The van der Waals surface area contributed by atoms with Crippen LogP contribution in [0.4, 0.5) is 0 Å². The van der Waals surface area contributed by atoms with Gasteiger partial charge in [0.05, 0.1) is 0 Å². The van der Waals surface area contributed by atoms with Crippen molar-refractivity contribution in [3.63, 3.8) is 0 Å². The third-order valence-electron chi connectivity index (χ3n) is 1.93. The maximum Gasteiger partial charge on any atom is 0.240 e. The highest BCUT2D eigenvalue weighted by molar-refractivity contribution is 5.02. The fraction of sp³-hybridized carbons (Fsp3) is 1.00. The summed E-state index contributed by atoms with van der Waals surface area (Å²) in [6.07, 6.45) is 0. The summed E-state index contributed by atoms with van der Waals surface area (Å²) in [7, 11) is 0. The normalized spacial score (nSPS) is 27.2.